The Morgan fingerprint density at radius 2 is 1.86 bits per heavy atom. The van der Waals surface area contributed by atoms with Crippen molar-refractivity contribution < 1.29 is 9.90 Å². The molecule has 35 heavy (non-hydrogen) atoms. The second kappa shape index (κ2) is 9.91. The zero-order valence-electron chi connectivity index (χ0n) is 18.2. The standard InChI is InChI=1S/C25H19ClN4O3S2/c26-21-10-8-17(35-21)14-27-22-13-19(28-30(22)25(33)16-5-2-1-3-6-16)24-20(31)9-11-23(32)29(24)15-18-7-4-12-34-18/h1-13,27,31H,14-15H2. The molecular weight excluding hydrogens is 504 g/mol. The Kier molecular flexibility index (Phi) is 6.54. The molecule has 4 aromatic heterocycles. The quantitative estimate of drug-likeness (QED) is 0.293. The van der Waals surface area contributed by atoms with Crippen LogP contribution in [0.3, 0.4) is 0 Å². The van der Waals surface area contributed by atoms with Crippen LogP contribution in [0.1, 0.15) is 20.1 Å². The molecule has 5 aromatic rings. The number of halogens is 1. The summed E-state index contributed by atoms with van der Waals surface area (Å²) in [5.41, 5.74) is 0.718. The zero-order chi connectivity index (χ0) is 24.4. The van der Waals surface area contributed by atoms with Gasteiger partial charge in [-0.3, -0.25) is 14.2 Å². The van der Waals surface area contributed by atoms with Gasteiger partial charge in [-0.2, -0.15) is 9.78 Å². The minimum Gasteiger partial charge on any atom is -0.506 e. The van der Waals surface area contributed by atoms with Crippen molar-refractivity contribution in [1.29, 1.82) is 0 Å². The summed E-state index contributed by atoms with van der Waals surface area (Å²) in [6.45, 7) is 0.698. The summed E-state index contributed by atoms with van der Waals surface area (Å²) in [5.74, 6) is -0.0163. The molecule has 0 radical (unpaired) electrons. The number of hydrogen-bond donors (Lipinski definition) is 2. The molecule has 0 unspecified atom stereocenters. The van der Waals surface area contributed by atoms with Crippen LogP contribution in [0.15, 0.2) is 83.0 Å². The molecule has 0 aliphatic carbocycles. The van der Waals surface area contributed by atoms with Crippen LogP contribution in [-0.2, 0) is 13.1 Å². The Bertz CT molecular complexity index is 1540. The van der Waals surface area contributed by atoms with Crippen LogP contribution >= 0.6 is 34.3 Å². The van der Waals surface area contributed by atoms with Crippen LogP contribution in [-0.4, -0.2) is 25.4 Å². The van der Waals surface area contributed by atoms with Crippen molar-refractivity contribution in [3.05, 3.63) is 108 Å². The molecule has 0 saturated carbocycles. The maximum Gasteiger partial charge on any atom is 0.280 e. The van der Waals surface area contributed by atoms with E-state index in [1.807, 2.05) is 35.7 Å². The Morgan fingerprint density at radius 1 is 1.03 bits per heavy atom. The number of hydrogen-bond acceptors (Lipinski definition) is 7. The van der Waals surface area contributed by atoms with Gasteiger partial charge in [-0.25, -0.2) is 0 Å². The van der Waals surface area contributed by atoms with Gasteiger partial charge in [-0.1, -0.05) is 35.9 Å². The highest BCUT2D eigenvalue weighted by Crippen LogP contribution is 2.31. The predicted molar refractivity (Wildman–Crippen MR) is 140 cm³/mol. The molecule has 0 aliphatic heterocycles. The second-order valence-electron chi connectivity index (χ2n) is 7.63. The van der Waals surface area contributed by atoms with E-state index in [-0.39, 0.29) is 29.5 Å². The number of anilines is 1. The number of carbonyl (C=O) groups is 1. The van der Waals surface area contributed by atoms with Crippen molar-refractivity contribution in [3.8, 4) is 17.1 Å². The highest BCUT2D eigenvalue weighted by molar-refractivity contribution is 7.16. The van der Waals surface area contributed by atoms with E-state index in [4.69, 9.17) is 11.6 Å². The zero-order valence-corrected chi connectivity index (χ0v) is 20.6. The summed E-state index contributed by atoms with van der Waals surface area (Å²) < 4.78 is 3.39. The third-order valence-electron chi connectivity index (χ3n) is 5.29. The van der Waals surface area contributed by atoms with Gasteiger partial charge in [0.1, 0.15) is 23.0 Å². The number of benzene rings is 1. The molecule has 2 N–H and O–H groups in total. The first-order chi connectivity index (χ1) is 17.0. The van der Waals surface area contributed by atoms with Gasteiger partial charge in [0.2, 0.25) is 0 Å². The molecular formula is C25H19ClN4O3S2. The molecule has 0 spiro atoms. The van der Waals surface area contributed by atoms with E-state index in [1.54, 1.807) is 30.3 Å². The predicted octanol–water partition coefficient (Wildman–Crippen LogP) is 5.54. The van der Waals surface area contributed by atoms with E-state index >= 15 is 0 Å². The van der Waals surface area contributed by atoms with Crippen molar-refractivity contribution in [2.24, 2.45) is 0 Å². The molecule has 176 valence electrons. The van der Waals surface area contributed by atoms with Crippen LogP contribution in [0.2, 0.25) is 4.34 Å². The topological polar surface area (TPSA) is 89.2 Å². The van der Waals surface area contributed by atoms with Gasteiger partial charge in [0.05, 0.1) is 17.4 Å². The lowest BCUT2D eigenvalue weighted by molar-refractivity contribution is 0.0948. The van der Waals surface area contributed by atoms with E-state index in [9.17, 15) is 14.7 Å². The maximum absolute atomic E-state index is 13.3. The lowest BCUT2D eigenvalue weighted by Crippen LogP contribution is -2.21. The van der Waals surface area contributed by atoms with Crippen molar-refractivity contribution in [1.82, 2.24) is 14.3 Å². The van der Waals surface area contributed by atoms with Crippen molar-refractivity contribution >= 4 is 46.0 Å². The van der Waals surface area contributed by atoms with Crippen LogP contribution in [0.4, 0.5) is 5.82 Å². The van der Waals surface area contributed by atoms with Crippen molar-refractivity contribution in [3.63, 3.8) is 0 Å². The average molecular weight is 523 g/mol. The normalized spacial score (nSPS) is 11.0. The Labute approximate surface area is 213 Å². The first-order valence-corrected chi connectivity index (χ1v) is 12.7. The first-order valence-electron chi connectivity index (χ1n) is 10.6. The molecule has 0 bridgehead atoms. The number of carbonyl (C=O) groups excluding carboxylic acids is 1. The fourth-order valence-corrected chi connectivity index (χ4v) is 5.38. The van der Waals surface area contributed by atoms with Crippen LogP contribution in [0.25, 0.3) is 11.4 Å². The number of aromatic nitrogens is 3. The summed E-state index contributed by atoms with van der Waals surface area (Å²) in [6.07, 6.45) is 0. The lowest BCUT2D eigenvalue weighted by atomic mass is 10.2. The summed E-state index contributed by atoms with van der Waals surface area (Å²) >= 11 is 9.00. The fraction of sp³-hybridized carbons (Fsp3) is 0.0800. The molecule has 0 amide bonds. The van der Waals surface area contributed by atoms with Gasteiger partial charge < -0.3 is 10.4 Å². The van der Waals surface area contributed by atoms with E-state index in [2.05, 4.69) is 10.4 Å². The monoisotopic (exact) mass is 522 g/mol. The van der Waals surface area contributed by atoms with Gasteiger partial charge in [0.15, 0.2) is 0 Å². The number of rotatable bonds is 7. The molecule has 0 aliphatic rings. The van der Waals surface area contributed by atoms with E-state index in [0.29, 0.717) is 28.0 Å². The molecule has 0 saturated heterocycles. The molecule has 0 fully saturated rings. The molecule has 4 heterocycles. The van der Waals surface area contributed by atoms with Crippen molar-refractivity contribution in [2.75, 3.05) is 5.32 Å². The summed E-state index contributed by atoms with van der Waals surface area (Å²) in [5, 5.41) is 20.4. The molecule has 5 rings (SSSR count). The van der Waals surface area contributed by atoms with Gasteiger partial charge in [0.25, 0.3) is 11.5 Å². The third-order valence-corrected chi connectivity index (χ3v) is 7.39. The summed E-state index contributed by atoms with van der Waals surface area (Å²) in [7, 11) is 0. The Morgan fingerprint density at radius 3 is 2.57 bits per heavy atom. The summed E-state index contributed by atoms with van der Waals surface area (Å²) in [6, 6.07) is 20.7. The van der Waals surface area contributed by atoms with Crippen LogP contribution < -0.4 is 10.9 Å². The number of nitrogens with one attached hydrogen (secondary N) is 1. The smallest absolute Gasteiger partial charge is 0.280 e. The molecule has 0 atom stereocenters. The summed E-state index contributed by atoms with van der Waals surface area (Å²) in [4.78, 5) is 28.0. The van der Waals surface area contributed by atoms with Gasteiger partial charge >= 0.3 is 0 Å². The SMILES string of the molecule is O=C(c1ccccc1)n1nc(-c2c(O)ccc(=O)n2Cc2cccs2)cc1NCc1ccc(Cl)s1. The second-order valence-corrected chi connectivity index (χ2v) is 10.5. The molecule has 1 aromatic carbocycles. The highest BCUT2D eigenvalue weighted by atomic mass is 35.5. The number of aromatic hydroxyl groups is 1. The Balaban J connectivity index is 1.59. The number of nitrogens with zero attached hydrogens (tertiary/aromatic N) is 3. The van der Waals surface area contributed by atoms with E-state index < -0.39 is 0 Å². The Hall–Kier alpha value is -3.66. The maximum atomic E-state index is 13.3. The highest BCUT2D eigenvalue weighted by Gasteiger charge is 2.21. The van der Waals surface area contributed by atoms with E-state index in [0.717, 1.165) is 9.75 Å². The minimum absolute atomic E-state index is 0.102. The molecule has 10 heteroatoms. The lowest BCUT2D eigenvalue weighted by Gasteiger charge is -2.11. The number of thiophene rings is 2. The van der Waals surface area contributed by atoms with Crippen molar-refractivity contribution in [2.45, 2.75) is 13.1 Å². The minimum atomic E-state index is -0.342. The largest absolute Gasteiger partial charge is 0.506 e. The first kappa shape index (κ1) is 23.1. The molecule has 7 nitrogen and oxygen atoms in total. The van der Waals surface area contributed by atoms with Gasteiger partial charge in [0, 0.05) is 27.5 Å². The van der Waals surface area contributed by atoms with Gasteiger partial charge in [-0.05, 0) is 41.8 Å². The van der Waals surface area contributed by atoms with Crippen LogP contribution in [0, 0.1) is 0 Å². The number of pyridine rings is 1. The van der Waals surface area contributed by atoms with E-state index in [1.165, 1.54) is 44.1 Å². The third kappa shape index (κ3) is 4.93. The average Bonchev–Trinajstić information content (AvgIpc) is 3.62. The van der Waals surface area contributed by atoms with Crippen LogP contribution in [0.5, 0.6) is 5.75 Å². The fourth-order valence-electron chi connectivity index (χ4n) is 3.66. The van der Waals surface area contributed by atoms with Gasteiger partial charge in [-0.15, -0.1) is 22.7 Å².